The number of carbonyl (C=O) groups is 1. The van der Waals surface area contributed by atoms with Gasteiger partial charge < -0.3 is 15.3 Å². The van der Waals surface area contributed by atoms with Crippen molar-refractivity contribution in [3.8, 4) is 5.75 Å². The molecule has 0 fully saturated rings. The first-order valence-electron chi connectivity index (χ1n) is 8.79. The van der Waals surface area contributed by atoms with Gasteiger partial charge in [-0.25, -0.2) is 4.79 Å². The van der Waals surface area contributed by atoms with E-state index in [1.807, 2.05) is 29.2 Å². The summed E-state index contributed by atoms with van der Waals surface area (Å²) in [6.45, 7) is 2.66. The number of carbonyl (C=O) groups excluding carboxylic acids is 1. The highest BCUT2D eigenvalue weighted by Gasteiger charge is 2.30. The first-order chi connectivity index (χ1) is 12.9. The molecule has 6 heteroatoms. The summed E-state index contributed by atoms with van der Waals surface area (Å²) in [5.41, 5.74) is 9.07. The second-order valence-corrected chi connectivity index (χ2v) is 6.97. The molecule has 3 aromatic rings. The lowest BCUT2D eigenvalue weighted by molar-refractivity contribution is -0.124. The molecule has 2 heterocycles. The summed E-state index contributed by atoms with van der Waals surface area (Å²) in [6, 6.07) is 12.3. The van der Waals surface area contributed by atoms with Crippen molar-refractivity contribution in [3.05, 3.63) is 75.1 Å². The standard InChI is InChI=1S/C21H20N2O4/c1-12-18(24)7-6-16-15(9-19(25)27-20(12)16)11-23-10-14-5-3-2-4-13(14)8-17(23)21(22)26/h2-7,9,17,24H,8,10-11H2,1H3,(H2,22,26)/t17-/m0/s1. The third-order valence-corrected chi connectivity index (χ3v) is 5.27. The number of aromatic hydroxyl groups is 1. The van der Waals surface area contributed by atoms with Crippen molar-refractivity contribution in [2.45, 2.75) is 32.5 Å². The number of nitrogens with zero attached hydrogens (tertiary/aromatic N) is 1. The molecule has 1 aliphatic heterocycles. The molecule has 0 unspecified atom stereocenters. The van der Waals surface area contributed by atoms with Crippen molar-refractivity contribution >= 4 is 16.9 Å². The number of amides is 1. The molecule has 3 N–H and O–H groups in total. The zero-order chi connectivity index (χ0) is 19.1. The fourth-order valence-corrected chi connectivity index (χ4v) is 3.79. The van der Waals surface area contributed by atoms with Crippen LogP contribution in [0.2, 0.25) is 0 Å². The number of phenolic OH excluding ortho intramolecular Hbond substituents is 1. The van der Waals surface area contributed by atoms with E-state index in [2.05, 4.69) is 0 Å². The van der Waals surface area contributed by atoms with Crippen molar-refractivity contribution in [1.29, 1.82) is 0 Å². The van der Waals surface area contributed by atoms with Gasteiger partial charge in [0.1, 0.15) is 11.3 Å². The molecule has 2 aromatic carbocycles. The molecule has 0 aliphatic carbocycles. The molecule has 0 spiro atoms. The van der Waals surface area contributed by atoms with Crippen LogP contribution in [-0.4, -0.2) is 22.0 Å². The second-order valence-electron chi connectivity index (χ2n) is 6.97. The first kappa shape index (κ1) is 17.3. The van der Waals surface area contributed by atoms with Gasteiger partial charge in [-0.3, -0.25) is 9.69 Å². The Hall–Kier alpha value is -3.12. The third kappa shape index (κ3) is 3.08. The highest BCUT2D eigenvalue weighted by molar-refractivity contribution is 5.85. The average molecular weight is 364 g/mol. The summed E-state index contributed by atoms with van der Waals surface area (Å²) in [5, 5.41) is 10.7. The normalized spacial score (nSPS) is 17.0. The molecule has 1 atom stereocenters. The average Bonchev–Trinajstić information content (AvgIpc) is 2.64. The van der Waals surface area contributed by atoms with Crippen LogP contribution >= 0.6 is 0 Å². The van der Waals surface area contributed by atoms with E-state index in [9.17, 15) is 14.7 Å². The van der Waals surface area contributed by atoms with Crippen LogP contribution in [0.3, 0.4) is 0 Å². The number of fused-ring (bicyclic) bond motifs is 2. The minimum absolute atomic E-state index is 0.0738. The van der Waals surface area contributed by atoms with Gasteiger partial charge in [-0.15, -0.1) is 0 Å². The third-order valence-electron chi connectivity index (χ3n) is 5.27. The van der Waals surface area contributed by atoms with E-state index < -0.39 is 11.7 Å². The van der Waals surface area contributed by atoms with E-state index in [-0.39, 0.29) is 11.7 Å². The van der Waals surface area contributed by atoms with Gasteiger partial charge in [-0.05, 0) is 42.2 Å². The van der Waals surface area contributed by atoms with Crippen molar-refractivity contribution in [2.24, 2.45) is 5.73 Å². The maximum absolute atomic E-state index is 12.1. The Morgan fingerprint density at radius 3 is 2.74 bits per heavy atom. The largest absolute Gasteiger partial charge is 0.508 e. The van der Waals surface area contributed by atoms with Crippen LogP contribution in [0.5, 0.6) is 5.75 Å². The van der Waals surface area contributed by atoms with Crippen LogP contribution in [0.25, 0.3) is 11.0 Å². The molecule has 0 radical (unpaired) electrons. The Kier molecular flexibility index (Phi) is 4.20. The zero-order valence-electron chi connectivity index (χ0n) is 14.9. The van der Waals surface area contributed by atoms with E-state index in [1.54, 1.807) is 19.1 Å². The maximum atomic E-state index is 12.1. The Labute approximate surface area is 155 Å². The van der Waals surface area contributed by atoms with Crippen molar-refractivity contribution in [3.63, 3.8) is 0 Å². The topological polar surface area (TPSA) is 96.8 Å². The van der Waals surface area contributed by atoms with Gasteiger partial charge in [0.2, 0.25) is 5.91 Å². The van der Waals surface area contributed by atoms with Gasteiger partial charge >= 0.3 is 5.63 Å². The van der Waals surface area contributed by atoms with Gasteiger partial charge in [0.15, 0.2) is 0 Å². The van der Waals surface area contributed by atoms with Crippen LogP contribution in [0.1, 0.15) is 22.3 Å². The van der Waals surface area contributed by atoms with Crippen molar-refractivity contribution in [2.75, 3.05) is 0 Å². The molecule has 0 saturated heterocycles. The van der Waals surface area contributed by atoms with Gasteiger partial charge in [0.25, 0.3) is 0 Å². The van der Waals surface area contributed by atoms with E-state index in [1.165, 1.54) is 6.07 Å². The Balaban J connectivity index is 1.78. The molecule has 1 aliphatic rings. The summed E-state index contributed by atoms with van der Waals surface area (Å²) < 4.78 is 5.31. The summed E-state index contributed by atoms with van der Waals surface area (Å²) in [5.74, 6) is -0.310. The van der Waals surface area contributed by atoms with Gasteiger partial charge in [0.05, 0.1) is 6.04 Å². The van der Waals surface area contributed by atoms with Gasteiger partial charge in [-0.2, -0.15) is 0 Å². The number of phenols is 1. The minimum atomic E-state index is -0.487. The quantitative estimate of drug-likeness (QED) is 0.695. The second kappa shape index (κ2) is 6.55. The maximum Gasteiger partial charge on any atom is 0.336 e. The molecular formula is C21H20N2O4. The zero-order valence-corrected chi connectivity index (χ0v) is 14.9. The molecule has 1 amide bonds. The fourth-order valence-electron chi connectivity index (χ4n) is 3.79. The number of benzene rings is 2. The summed E-state index contributed by atoms with van der Waals surface area (Å²) in [7, 11) is 0. The van der Waals surface area contributed by atoms with E-state index in [4.69, 9.17) is 10.2 Å². The smallest absolute Gasteiger partial charge is 0.336 e. The predicted octanol–water partition coefficient (Wildman–Crippen LogP) is 2.22. The van der Waals surface area contributed by atoms with Crippen molar-refractivity contribution in [1.82, 2.24) is 4.90 Å². The molecule has 4 rings (SSSR count). The SMILES string of the molecule is Cc1c(O)ccc2c(CN3Cc4ccccc4C[C@H]3C(N)=O)cc(=O)oc12. The molecule has 1 aromatic heterocycles. The molecule has 6 nitrogen and oxygen atoms in total. The van der Waals surface area contributed by atoms with Crippen LogP contribution < -0.4 is 11.4 Å². The number of aryl methyl sites for hydroxylation is 1. The monoisotopic (exact) mass is 364 g/mol. The number of hydrogen-bond acceptors (Lipinski definition) is 5. The van der Waals surface area contributed by atoms with Crippen LogP contribution in [0.15, 0.2) is 51.7 Å². The molecule has 0 saturated carbocycles. The molecular weight excluding hydrogens is 344 g/mol. The number of rotatable bonds is 3. The van der Waals surface area contributed by atoms with Crippen molar-refractivity contribution < 1.29 is 14.3 Å². The highest BCUT2D eigenvalue weighted by atomic mass is 16.4. The predicted molar refractivity (Wildman–Crippen MR) is 101 cm³/mol. The van der Waals surface area contributed by atoms with Crippen LogP contribution in [0, 0.1) is 6.92 Å². The van der Waals surface area contributed by atoms with Crippen LogP contribution in [-0.2, 0) is 24.3 Å². The van der Waals surface area contributed by atoms with Gasteiger partial charge in [0, 0.05) is 30.1 Å². The highest BCUT2D eigenvalue weighted by Crippen LogP contribution is 2.30. The Morgan fingerprint density at radius 2 is 2.00 bits per heavy atom. The molecule has 0 bridgehead atoms. The first-order valence-corrected chi connectivity index (χ1v) is 8.79. The Bertz CT molecular complexity index is 1100. The van der Waals surface area contributed by atoms with E-state index in [0.29, 0.717) is 30.7 Å². The summed E-state index contributed by atoms with van der Waals surface area (Å²) in [4.78, 5) is 26.1. The summed E-state index contributed by atoms with van der Waals surface area (Å²) >= 11 is 0. The Morgan fingerprint density at radius 1 is 1.26 bits per heavy atom. The minimum Gasteiger partial charge on any atom is -0.508 e. The number of nitrogens with two attached hydrogens (primary N) is 1. The molecule has 27 heavy (non-hydrogen) atoms. The lowest BCUT2D eigenvalue weighted by Crippen LogP contribution is -2.48. The lowest BCUT2D eigenvalue weighted by Gasteiger charge is -2.35. The van der Waals surface area contributed by atoms with Gasteiger partial charge in [-0.1, -0.05) is 24.3 Å². The fraction of sp³-hybridized carbons (Fsp3) is 0.238. The number of primary amides is 1. The van der Waals surface area contributed by atoms with E-state index >= 15 is 0 Å². The molecule has 138 valence electrons. The summed E-state index contributed by atoms with van der Waals surface area (Å²) in [6.07, 6.45) is 0.546. The van der Waals surface area contributed by atoms with E-state index in [0.717, 1.165) is 22.1 Å². The number of hydrogen-bond donors (Lipinski definition) is 2. The van der Waals surface area contributed by atoms with Crippen LogP contribution in [0.4, 0.5) is 0 Å². The lowest BCUT2D eigenvalue weighted by atomic mass is 9.93.